The van der Waals surface area contributed by atoms with Gasteiger partial charge in [-0.25, -0.2) is 0 Å². The average Bonchev–Trinajstić information content (AvgIpc) is 2.99. The second-order valence-corrected chi connectivity index (χ2v) is 8.89. The van der Waals surface area contributed by atoms with Crippen LogP contribution in [-0.4, -0.2) is 11.9 Å². The number of rotatable bonds is 2. The van der Waals surface area contributed by atoms with Crippen molar-refractivity contribution in [2.75, 3.05) is 0 Å². The maximum atomic E-state index is 13.5. The number of allylic oxidation sites excluding steroid dienone is 3. The highest BCUT2D eigenvalue weighted by molar-refractivity contribution is 6.01. The van der Waals surface area contributed by atoms with Crippen LogP contribution in [0.1, 0.15) is 58.1 Å². The number of hydrogen-bond acceptors (Lipinski definition) is 4. The lowest BCUT2D eigenvalue weighted by Crippen LogP contribution is -2.51. The molecule has 3 aliphatic rings. The van der Waals surface area contributed by atoms with Crippen LogP contribution in [0.15, 0.2) is 57.0 Å². The fraction of sp³-hybridized carbons (Fsp3) is 0.500. The third-order valence-corrected chi connectivity index (χ3v) is 6.27. The molecule has 4 nitrogen and oxygen atoms in total. The predicted molar refractivity (Wildman–Crippen MR) is 103 cm³/mol. The Balaban J connectivity index is 2.03. The maximum absolute atomic E-state index is 13.5. The van der Waals surface area contributed by atoms with Crippen molar-refractivity contribution >= 4 is 5.78 Å². The number of alkyl halides is 3. The summed E-state index contributed by atoms with van der Waals surface area (Å²) in [5.74, 6) is -0.0198. The van der Waals surface area contributed by atoms with Gasteiger partial charge in [0.25, 0.3) is 0 Å². The van der Waals surface area contributed by atoms with Crippen LogP contribution in [0, 0.1) is 5.41 Å². The van der Waals surface area contributed by atoms with E-state index in [9.17, 15) is 18.0 Å². The highest BCUT2D eigenvalue weighted by atomic mass is 19.4. The normalized spacial score (nSPS) is 28.4. The summed E-state index contributed by atoms with van der Waals surface area (Å²) in [5, 5.41) is 11.9. The van der Waals surface area contributed by atoms with Crippen LogP contribution in [0.25, 0.3) is 0 Å². The van der Waals surface area contributed by atoms with E-state index >= 15 is 0 Å². The monoisotopic (exact) mass is 403 g/mol. The fourth-order valence-electron chi connectivity index (χ4n) is 5.17. The van der Waals surface area contributed by atoms with Crippen LogP contribution in [0.3, 0.4) is 0 Å². The molecule has 0 amide bonds. The van der Waals surface area contributed by atoms with Crippen molar-refractivity contribution in [1.82, 2.24) is 5.32 Å². The lowest BCUT2D eigenvalue weighted by atomic mass is 9.58. The Kier molecular flexibility index (Phi) is 4.30. The summed E-state index contributed by atoms with van der Waals surface area (Å²) in [6.45, 7) is 7.78. The minimum atomic E-state index is -4.46. The molecule has 0 aromatic heterocycles. The third-order valence-electron chi connectivity index (χ3n) is 6.27. The van der Waals surface area contributed by atoms with Crippen LogP contribution < -0.4 is 5.32 Å². The van der Waals surface area contributed by atoms with E-state index in [2.05, 4.69) is 15.5 Å². The number of nitrogens with one attached hydrogen (secondary N) is 1. The summed E-state index contributed by atoms with van der Waals surface area (Å²) in [7, 11) is 0. The van der Waals surface area contributed by atoms with Gasteiger partial charge >= 0.3 is 6.18 Å². The van der Waals surface area contributed by atoms with E-state index in [0.29, 0.717) is 36.1 Å². The minimum Gasteiger partial charge on any atom is -0.362 e. The van der Waals surface area contributed by atoms with Crippen LogP contribution in [0.2, 0.25) is 0 Å². The highest BCUT2D eigenvalue weighted by Gasteiger charge is 2.54. The summed E-state index contributed by atoms with van der Waals surface area (Å²) in [5.41, 5.74) is 1.38. The van der Waals surface area contributed by atoms with Gasteiger partial charge in [0.2, 0.25) is 0 Å². The van der Waals surface area contributed by atoms with Crippen LogP contribution >= 0.6 is 0 Å². The lowest BCUT2D eigenvalue weighted by molar-refractivity contribution is -0.137. The topological polar surface area (TPSA) is 53.8 Å². The Labute approximate surface area is 168 Å². The molecule has 0 saturated heterocycles. The lowest BCUT2D eigenvalue weighted by Gasteiger charge is -2.48. The number of ketones is 1. The fourth-order valence-corrected chi connectivity index (χ4v) is 5.17. The molecule has 0 fully saturated rings. The Morgan fingerprint density at radius 3 is 2.62 bits per heavy atom. The molecule has 0 radical (unpaired) electrons. The number of Topliss-reactive ketones (excluding diaryl/α,β-unsaturated/α-hetero) is 1. The molecular weight excluding hydrogens is 379 g/mol. The number of fused-ring (bicyclic) bond motifs is 1. The van der Waals surface area contributed by atoms with E-state index in [1.54, 1.807) is 13.0 Å². The van der Waals surface area contributed by atoms with Crippen LogP contribution in [-0.2, 0) is 16.4 Å². The predicted octanol–water partition coefficient (Wildman–Crippen LogP) is 5.67. The second kappa shape index (κ2) is 6.28. The van der Waals surface area contributed by atoms with E-state index < -0.39 is 23.3 Å². The number of carbonyl (C=O) groups is 1. The quantitative estimate of drug-likeness (QED) is 0.692. The van der Waals surface area contributed by atoms with Gasteiger partial charge in [-0.1, -0.05) is 39.0 Å². The second-order valence-electron chi connectivity index (χ2n) is 8.89. The molecule has 0 bridgehead atoms. The van der Waals surface area contributed by atoms with Crippen molar-refractivity contribution < 1.29 is 18.0 Å². The molecule has 1 aromatic carbocycles. The van der Waals surface area contributed by atoms with Gasteiger partial charge in [-0.15, -0.1) is 0 Å². The van der Waals surface area contributed by atoms with Crippen molar-refractivity contribution in [3.8, 4) is 0 Å². The van der Waals surface area contributed by atoms with Crippen molar-refractivity contribution in [3.63, 3.8) is 0 Å². The van der Waals surface area contributed by atoms with Gasteiger partial charge in [-0.3, -0.25) is 4.79 Å². The van der Waals surface area contributed by atoms with Crippen molar-refractivity contribution in [3.05, 3.63) is 57.9 Å². The van der Waals surface area contributed by atoms with E-state index in [4.69, 9.17) is 0 Å². The first-order chi connectivity index (χ1) is 13.5. The van der Waals surface area contributed by atoms with Crippen LogP contribution in [0.5, 0.6) is 0 Å². The molecule has 154 valence electrons. The van der Waals surface area contributed by atoms with Gasteiger partial charge in [0.1, 0.15) is 0 Å². The molecule has 1 aliphatic carbocycles. The molecule has 29 heavy (non-hydrogen) atoms. The molecule has 1 unspecified atom stereocenters. The molecule has 0 spiro atoms. The molecular formula is C22H24F3N3O. The molecule has 2 heterocycles. The summed E-state index contributed by atoms with van der Waals surface area (Å²) in [6.07, 6.45) is -3.45. The molecule has 1 aromatic rings. The summed E-state index contributed by atoms with van der Waals surface area (Å²) in [6, 6.07) is 5.36. The summed E-state index contributed by atoms with van der Waals surface area (Å²) in [4.78, 5) is 13.4. The zero-order valence-electron chi connectivity index (χ0n) is 16.9. The molecule has 2 atom stereocenters. The van der Waals surface area contributed by atoms with Crippen molar-refractivity contribution in [1.29, 1.82) is 0 Å². The molecule has 1 N–H and O–H groups in total. The Morgan fingerprint density at radius 1 is 1.24 bits per heavy atom. The number of azo groups is 1. The minimum absolute atomic E-state index is 0.0198. The first-order valence-corrected chi connectivity index (χ1v) is 9.83. The van der Waals surface area contributed by atoms with E-state index in [1.165, 1.54) is 12.1 Å². The number of hydrogen-bond donors (Lipinski definition) is 1. The Hall–Kier alpha value is -2.44. The smallest absolute Gasteiger partial charge is 0.362 e. The summed E-state index contributed by atoms with van der Waals surface area (Å²) >= 11 is 0. The van der Waals surface area contributed by atoms with Gasteiger partial charge < -0.3 is 5.32 Å². The van der Waals surface area contributed by atoms with E-state index in [-0.39, 0.29) is 11.2 Å². The molecule has 0 saturated carbocycles. The zero-order chi connectivity index (χ0) is 21.2. The zero-order valence-corrected chi connectivity index (χ0v) is 16.9. The van der Waals surface area contributed by atoms with Crippen molar-refractivity contribution in [2.24, 2.45) is 15.6 Å². The number of nitrogens with zero attached hydrogens (tertiary/aromatic N) is 2. The maximum Gasteiger partial charge on any atom is 0.416 e. The number of carbonyl (C=O) groups excluding carboxylic acids is 1. The molecule has 2 aliphatic heterocycles. The largest absolute Gasteiger partial charge is 0.416 e. The van der Waals surface area contributed by atoms with Gasteiger partial charge in [0.05, 0.1) is 16.7 Å². The van der Waals surface area contributed by atoms with Gasteiger partial charge in [-0.05, 0) is 36.8 Å². The number of halogens is 3. The highest BCUT2D eigenvalue weighted by Crippen LogP contribution is 2.55. The first kappa shape index (κ1) is 19.9. The van der Waals surface area contributed by atoms with E-state index in [1.807, 2.05) is 20.8 Å². The average molecular weight is 403 g/mol. The van der Waals surface area contributed by atoms with Gasteiger partial charge in [-0.2, -0.15) is 23.4 Å². The first-order valence-electron chi connectivity index (χ1n) is 9.83. The summed E-state index contributed by atoms with van der Waals surface area (Å²) < 4.78 is 40.4. The van der Waals surface area contributed by atoms with Crippen molar-refractivity contribution in [2.45, 2.75) is 64.7 Å². The molecule has 4 rings (SSSR count). The number of benzene rings is 1. The SMILES string of the molecule is CC[C@@]1(c2cccc(C(F)(F)F)c2)C2=C(CC(C)(C)CC2=O)NC2N=NC(C)=C21. The Bertz CT molecular complexity index is 987. The van der Waals surface area contributed by atoms with Gasteiger partial charge in [0.15, 0.2) is 11.9 Å². The van der Waals surface area contributed by atoms with Gasteiger partial charge in [0, 0.05) is 23.3 Å². The van der Waals surface area contributed by atoms with Crippen LogP contribution in [0.4, 0.5) is 13.2 Å². The molecule has 7 heteroatoms. The Morgan fingerprint density at radius 2 is 1.97 bits per heavy atom. The standard InChI is InChI=1S/C22H24F3N3O/c1-5-21(13-7-6-8-14(9-13)22(23,24)25)17-12(2)27-28-19(17)26-15-10-20(3,4)11-16(29)18(15)21/h6-9,19,26H,5,10-11H2,1-4H3/t19?,21-/m0/s1. The van der Waals surface area contributed by atoms with E-state index in [0.717, 1.165) is 17.3 Å². The third kappa shape index (κ3) is 2.93.